The molecule has 0 aliphatic rings. The predicted octanol–water partition coefficient (Wildman–Crippen LogP) is 3.15. The van der Waals surface area contributed by atoms with E-state index in [9.17, 15) is 0 Å². The molecule has 5 heteroatoms. The second kappa shape index (κ2) is 5.73. The van der Waals surface area contributed by atoms with Gasteiger partial charge in [0.1, 0.15) is 5.82 Å². The molecule has 0 bridgehead atoms. The van der Waals surface area contributed by atoms with Crippen LogP contribution < -0.4 is 5.73 Å². The van der Waals surface area contributed by atoms with Crippen molar-refractivity contribution in [3.63, 3.8) is 0 Å². The molecule has 3 rings (SSSR count). The largest absolute Gasteiger partial charge is 0.335 e. The smallest absolute Gasteiger partial charge is 0.110 e. The second-order valence-corrected chi connectivity index (χ2v) is 5.87. The van der Waals surface area contributed by atoms with Crippen molar-refractivity contribution in [2.24, 2.45) is 5.73 Å². The molecule has 20 heavy (non-hydrogen) atoms. The maximum Gasteiger partial charge on any atom is 0.110 e. The standard InChI is InChI=1S/C15H18N4S/c1-2-5-19-6-4-17-15(19)9-12(16)11-8-14-13(18-10-11)3-7-20-14/h3-4,6-8,10,12H,2,5,9,16H2,1H3. The fraction of sp³-hybridized carbons (Fsp3) is 0.333. The van der Waals surface area contributed by atoms with Crippen LogP contribution in [-0.2, 0) is 13.0 Å². The van der Waals surface area contributed by atoms with Crippen molar-refractivity contribution in [2.45, 2.75) is 32.4 Å². The number of nitrogens with zero attached hydrogens (tertiary/aromatic N) is 3. The van der Waals surface area contributed by atoms with Crippen LogP contribution in [0.2, 0.25) is 0 Å². The van der Waals surface area contributed by atoms with Crippen molar-refractivity contribution in [2.75, 3.05) is 0 Å². The summed E-state index contributed by atoms with van der Waals surface area (Å²) in [5, 5.41) is 2.06. The van der Waals surface area contributed by atoms with Crippen molar-refractivity contribution in [3.05, 3.63) is 47.5 Å². The number of hydrogen-bond acceptors (Lipinski definition) is 4. The van der Waals surface area contributed by atoms with E-state index in [1.54, 1.807) is 11.3 Å². The molecule has 1 atom stereocenters. The molecular weight excluding hydrogens is 268 g/mol. The predicted molar refractivity (Wildman–Crippen MR) is 82.8 cm³/mol. The lowest BCUT2D eigenvalue weighted by Crippen LogP contribution is -2.16. The summed E-state index contributed by atoms with van der Waals surface area (Å²) in [6.07, 6.45) is 7.59. The van der Waals surface area contributed by atoms with E-state index >= 15 is 0 Å². The van der Waals surface area contributed by atoms with Crippen LogP contribution in [0.15, 0.2) is 36.1 Å². The molecule has 0 aliphatic heterocycles. The lowest BCUT2D eigenvalue weighted by Gasteiger charge is -2.13. The lowest BCUT2D eigenvalue weighted by molar-refractivity contribution is 0.598. The minimum atomic E-state index is -0.0630. The number of aromatic nitrogens is 3. The number of rotatable bonds is 5. The molecule has 0 amide bonds. The molecule has 3 aromatic rings. The van der Waals surface area contributed by atoms with Gasteiger partial charge in [-0.25, -0.2) is 4.98 Å². The quantitative estimate of drug-likeness (QED) is 0.784. The van der Waals surface area contributed by atoms with Gasteiger partial charge < -0.3 is 10.3 Å². The summed E-state index contributed by atoms with van der Waals surface area (Å²) < 4.78 is 3.37. The molecule has 1 unspecified atom stereocenters. The Morgan fingerprint density at radius 2 is 2.30 bits per heavy atom. The first kappa shape index (κ1) is 13.3. The minimum Gasteiger partial charge on any atom is -0.335 e. The third-order valence-electron chi connectivity index (χ3n) is 3.42. The van der Waals surface area contributed by atoms with Gasteiger partial charge in [0.2, 0.25) is 0 Å². The Balaban J connectivity index is 1.81. The average molecular weight is 286 g/mol. The number of thiophene rings is 1. The van der Waals surface area contributed by atoms with Gasteiger partial charge in [-0.15, -0.1) is 11.3 Å². The van der Waals surface area contributed by atoms with Crippen molar-refractivity contribution in [1.29, 1.82) is 0 Å². The van der Waals surface area contributed by atoms with Crippen LogP contribution in [0, 0.1) is 0 Å². The highest BCUT2D eigenvalue weighted by atomic mass is 32.1. The number of pyridine rings is 1. The van der Waals surface area contributed by atoms with E-state index in [0.717, 1.165) is 36.3 Å². The first-order chi connectivity index (χ1) is 9.78. The van der Waals surface area contributed by atoms with E-state index in [0.29, 0.717) is 0 Å². The summed E-state index contributed by atoms with van der Waals surface area (Å²) in [5.74, 6) is 1.05. The number of nitrogens with two attached hydrogens (primary N) is 1. The van der Waals surface area contributed by atoms with Crippen molar-refractivity contribution < 1.29 is 0 Å². The van der Waals surface area contributed by atoms with Crippen molar-refractivity contribution in [3.8, 4) is 0 Å². The van der Waals surface area contributed by atoms with Crippen LogP contribution in [0.4, 0.5) is 0 Å². The summed E-state index contributed by atoms with van der Waals surface area (Å²) in [7, 11) is 0. The Morgan fingerprint density at radius 1 is 1.40 bits per heavy atom. The Morgan fingerprint density at radius 3 is 3.15 bits per heavy atom. The first-order valence-electron chi connectivity index (χ1n) is 6.86. The van der Waals surface area contributed by atoms with Crippen LogP contribution in [0.1, 0.15) is 30.8 Å². The summed E-state index contributed by atoms with van der Waals surface area (Å²) in [5.41, 5.74) is 8.44. The van der Waals surface area contributed by atoms with Crippen molar-refractivity contribution in [1.82, 2.24) is 14.5 Å². The van der Waals surface area contributed by atoms with Crippen molar-refractivity contribution >= 4 is 21.6 Å². The van der Waals surface area contributed by atoms with Crippen LogP contribution in [0.5, 0.6) is 0 Å². The lowest BCUT2D eigenvalue weighted by atomic mass is 10.1. The molecule has 2 N–H and O–H groups in total. The van der Waals surface area contributed by atoms with Gasteiger partial charge in [0.25, 0.3) is 0 Å². The number of imidazole rings is 1. The average Bonchev–Trinajstić information content (AvgIpc) is 3.07. The third-order valence-corrected chi connectivity index (χ3v) is 4.27. The van der Waals surface area contributed by atoms with Gasteiger partial charge in [-0.05, 0) is 29.5 Å². The summed E-state index contributed by atoms with van der Waals surface area (Å²) in [6.45, 7) is 3.16. The second-order valence-electron chi connectivity index (χ2n) is 4.92. The number of aryl methyl sites for hydroxylation is 1. The summed E-state index contributed by atoms with van der Waals surface area (Å²) in [6, 6.07) is 4.11. The van der Waals surface area contributed by atoms with Crippen LogP contribution >= 0.6 is 11.3 Å². The Hall–Kier alpha value is -1.72. The van der Waals surface area contributed by atoms with Crippen LogP contribution in [0.3, 0.4) is 0 Å². The van der Waals surface area contributed by atoms with Crippen LogP contribution in [-0.4, -0.2) is 14.5 Å². The molecule has 4 nitrogen and oxygen atoms in total. The van der Waals surface area contributed by atoms with E-state index in [4.69, 9.17) is 5.73 Å². The van der Waals surface area contributed by atoms with Gasteiger partial charge in [0.05, 0.1) is 10.2 Å². The highest BCUT2D eigenvalue weighted by Gasteiger charge is 2.12. The molecule has 0 saturated carbocycles. The Bertz CT molecular complexity index is 701. The zero-order valence-corrected chi connectivity index (χ0v) is 12.3. The van der Waals surface area contributed by atoms with E-state index in [1.165, 1.54) is 4.70 Å². The van der Waals surface area contributed by atoms with E-state index < -0.39 is 0 Å². The molecule has 0 aliphatic carbocycles. The van der Waals surface area contributed by atoms with Gasteiger partial charge in [-0.2, -0.15) is 0 Å². The highest BCUT2D eigenvalue weighted by molar-refractivity contribution is 7.17. The molecule has 3 aromatic heterocycles. The molecule has 0 fully saturated rings. The minimum absolute atomic E-state index is 0.0630. The molecule has 3 heterocycles. The molecule has 104 valence electrons. The number of hydrogen-bond donors (Lipinski definition) is 1. The third kappa shape index (κ3) is 2.59. The molecule has 0 spiro atoms. The maximum atomic E-state index is 6.32. The highest BCUT2D eigenvalue weighted by Crippen LogP contribution is 2.23. The number of fused-ring (bicyclic) bond motifs is 1. The molecule has 0 radical (unpaired) electrons. The fourth-order valence-corrected chi connectivity index (χ4v) is 3.14. The van der Waals surface area contributed by atoms with Gasteiger partial charge >= 0.3 is 0 Å². The summed E-state index contributed by atoms with van der Waals surface area (Å²) >= 11 is 1.70. The van der Waals surface area contributed by atoms with E-state index in [-0.39, 0.29) is 6.04 Å². The monoisotopic (exact) mass is 286 g/mol. The normalized spacial score (nSPS) is 12.9. The maximum absolute atomic E-state index is 6.32. The van der Waals surface area contributed by atoms with E-state index in [1.807, 2.05) is 24.7 Å². The molecule has 0 aromatic carbocycles. The zero-order chi connectivity index (χ0) is 13.9. The molecule has 0 saturated heterocycles. The fourth-order valence-electron chi connectivity index (χ4n) is 2.35. The van der Waals surface area contributed by atoms with Gasteiger partial charge in [-0.1, -0.05) is 6.92 Å². The van der Waals surface area contributed by atoms with Gasteiger partial charge in [0, 0.05) is 37.6 Å². The SMILES string of the molecule is CCCn1ccnc1CC(N)c1cnc2ccsc2c1. The van der Waals surface area contributed by atoms with Crippen LogP contribution in [0.25, 0.3) is 10.2 Å². The zero-order valence-electron chi connectivity index (χ0n) is 11.5. The molecular formula is C15H18N4S. The summed E-state index contributed by atoms with van der Waals surface area (Å²) in [4.78, 5) is 8.87. The Labute approximate surface area is 122 Å². The Kier molecular flexibility index (Phi) is 3.80. The first-order valence-corrected chi connectivity index (χ1v) is 7.74. The van der Waals surface area contributed by atoms with Gasteiger partial charge in [0.15, 0.2) is 0 Å². The van der Waals surface area contributed by atoms with E-state index in [2.05, 4.69) is 32.9 Å². The van der Waals surface area contributed by atoms with Gasteiger partial charge in [-0.3, -0.25) is 4.98 Å². The topological polar surface area (TPSA) is 56.7 Å².